The Bertz CT molecular complexity index is 841. The van der Waals surface area contributed by atoms with E-state index in [4.69, 9.17) is 4.74 Å². The van der Waals surface area contributed by atoms with Gasteiger partial charge in [-0.25, -0.2) is 8.42 Å². The van der Waals surface area contributed by atoms with Crippen molar-refractivity contribution in [3.8, 4) is 11.5 Å². The summed E-state index contributed by atoms with van der Waals surface area (Å²) in [6.07, 6.45) is 3.88. The van der Waals surface area contributed by atoms with E-state index in [1.165, 1.54) is 12.1 Å². The minimum absolute atomic E-state index is 0.142. The summed E-state index contributed by atoms with van der Waals surface area (Å²) in [6, 6.07) is 9.72. The fourth-order valence-electron chi connectivity index (χ4n) is 2.92. The van der Waals surface area contributed by atoms with Crippen LogP contribution in [-0.2, 0) is 22.7 Å². The molecule has 0 saturated carbocycles. The molecule has 142 valence electrons. The highest BCUT2D eigenvalue weighted by molar-refractivity contribution is 7.91. The van der Waals surface area contributed by atoms with Crippen LogP contribution in [0.15, 0.2) is 46.2 Å². The number of rotatable bonds is 9. The Morgan fingerprint density at radius 1 is 0.885 bits per heavy atom. The molecule has 0 atom stereocenters. The van der Waals surface area contributed by atoms with Gasteiger partial charge in [0, 0.05) is 0 Å². The van der Waals surface area contributed by atoms with Crippen molar-refractivity contribution in [1.29, 1.82) is 0 Å². The molecule has 0 fully saturated rings. The summed E-state index contributed by atoms with van der Waals surface area (Å²) in [4.78, 5) is 0.537. The fraction of sp³-hybridized carbons (Fsp3) is 0.429. The number of ether oxygens (including phenoxy) is 1. The Morgan fingerprint density at radius 2 is 1.58 bits per heavy atom. The summed E-state index contributed by atoms with van der Waals surface area (Å²) >= 11 is 0. The van der Waals surface area contributed by atoms with E-state index in [0.717, 1.165) is 24.8 Å². The number of aromatic hydroxyl groups is 1. The lowest BCUT2D eigenvalue weighted by Crippen LogP contribution is -2.07. The van der Waals surface area contributed by atoms with Crippen molar-refractivity contribution >= 4 is 9.84 Å². The molecule has 2 aromatic carbocycles. The molecule has 0 heterocycles. The van der Waals surface area contributed by atoms with Gasteiger partial charge in [0.15, 0.2) is 0 Å². The molecule has 2 aromatic rings. The van der Waals surface area contributed by atoms with Crippen LogP contribution in [0.2, 0.25) is 0 Å². The zero-order valence-corrected chi connectivity index (χ0v) is 16.6. The Labute approximate surface area is 156 Å². The number of hydrogen-bond acceptors (Lipinski definition) is 4. The third-order valence-corrected chi connectivity index (χ3v) is 6.05. The highest BCUT2D eigenvalue weighted by atomic mass is 32.2. The summed E-state index contributed by atoms with van der Waals surface area (Å²) < 4.78 is 32.1. The van der Waals surface area contributed by atoms with Gasteiger partial charge >= 0.3 is 0 Å². The average molecular weight is 377 g/mol. The molecule has 0 radical (unpaired) electrons. The van der Waals surface area contributed by atoms with E-state index < -0.39 is 9.84 Å². The zero-order chi connectivity index (χ0) is 19.2. The van der Waals surface area contributed by atoms with Crippen molar-refractivity contribution in [1.82, 2.24) is 0 Å². The van der Waals surface area contributed by atoms with Gasteiger partial charge in [-0.05, 0) is 66.8 Å². The van der Waals surface area contributed by atoms with Crippen LogP contribution in [0, 0.1) is 0 Å². The summed E-state index contributed by atoms with van der Waals surface area (Å²) in [5.74, 6) is 0.842. The van der Waals surface area contributed by atoms with Crippen LogP contribution in [0.3, 0.4) is 0 Å². The molecule has 0 unspecified atom stereocenters. The minimum atomic E-state index is -3.65. The van der Waals surface area contributed by atoms with Crippen LogP contribution >= 0.6 is 0 Å². The first-order valence-corrected chi connectivity index (χ1v) is 10.7. The van der Waals surface area contributed by atoms with Crippen molar-refractivity contribution in [2.75, 3.05) is 6.61 Å². The predicted octanol–water partition coefficient (Wildman–Crippen LogP) is 4.92. The van der Waals surface area contributed by atoms with Crippen molar-refractivity contribution in [2.24, 2.45) is 0 Å². The molecule has 26 heavy (non-hydrogen) atoms. The second-order valence-electron chi connectivity index (χ2n) is 6.41. The van der Waals surface area contributed by atoms with Crippen LogP contribution in [-0.4, -0.2) is 20.1 Å². The zero-order valence-electron chi connectivity index (χ0n) is 15.8. The first-order chi connectivity index (χ1) is 12.4. The normalized spacial score (nSPS) is 11.5. The molecule has 0 aliphatic rings. The van der Waals surface area contributed by atoms with Crippen LogP contribution in [0.1, 0.15) is 51.2 Å². The molecule has 0 amide bonds. The Morgan fingerprint density at radius 3 is 2.23 bits per heavy atom. The third-order valence-electron chi connectivity index (χ3n) is 4.19. The summed E-state index contributed by atoms with van der Waals surface area (Å²) in [5.41, 5.74) is 1.43. The van der Waals surface area contributed by atoms with Crippen molar-refractivity contribution in [3.05, 3.63) is 47.5 Å². The largest absolute Gasteiger partial charge is 0.508 e. The molecule has 1 N–H and O–H groups in total. The molecule has 5 heteroatoms. The van der Waals surface area contributed by atoms with Gasteiger partial charge in [-0.2, -0.15) is 0 Å². The molecule has 0 saturated heterocycles. The van der Waals surface area contributed by atoms with Gasteiger partial charge in [-0.3, -0.25) is 0 Å². The monoisotopic (exact) mass is 376 g/mol. The quantitative estimate of drug-likeness (QED) is 0.675. The summed E-state index contributed by atoms with van der Waals surface area (Å²) in [5, 5.41) is 9.95. The Hall–Kier alpha value is -2.01. The highest BCUT2D eigenvalue weighted by Gasteiger charge is 2.22. The van der Waals surface area contributed by atoms with E-state index in [1.54, 1.807) is 18.2 Å². The molecule has 0 aliphatic heterocycles. The first kappa shape index (κ1) is 20.3. The molecule has 0 aromatic heterocycles. The Balaban J connectivity index is 2.49. The maximum absolute atomic E-state index is 13.2. The maximum Gasteiger partial charge on any atom is 0.206 e. The number of aryl methyl sites for hydroxylation is 2. The molecular weight excluding hydrogens is 348 g/mol. The van der Waals surface area contributed by atoms with Crippen LogP contribution in [0.5, 0.6) is 11.5 Å². The summed E-state index contributed by atoms with van der Waals surface area (Å²) in [6.45, 7) is 6.66. The van der Waals surface area contributed by atoms with E-state index >= 15 is 0 Å². The molecule has 2 rings (SSSR count). The van der Waals surface area contributed by atoms with E-state index in [2.05, 4.69) is 0 Å². The van der Waals surface area contributed by atoms with Gasteiger partial charge < -0.3 is 9.84 Å². The van der Waals surface area contributed by atoms with Gasteiger partial charge in [-0.15, -0.1) is 0 Å². The number of sulfone groups is 1. The molecule has 0 spiro atoms. The van der Waals surface area contributed by atoms with E-state index in [9.17, 15) is 13.5 Å². The fourth-order valence-corrected chi connectivity index (χ4v) is 4.47. The standard InChI is InChI=1S/C21H28O4S/c1-4-7-16-15-19(10-11-20(16)22)26(23,24)21-12-9-18(25-13-6-3)14-17(21)8-5-2/h9-12,14-15,22H,4-8,13H2,1-3H3. The number of hydrogen-bond donors (Lipinski definition) is 1. The minimum Gasteiger partial charge on any atom is -0.508 e. The summed E-state index contributed by atoms with van der Waals surface area (Å²) in [7, 11) is -3.65. The van der Waals surface area contributed by atoms with Crippen molar-refractivity contribution in [3.63, 3.8) is 0 Å². The van der Waals surface area contributed by atoms with Gasteiger partial charge in [0.05, 0.1) is 16.4 Å². The molecular formula is C21H28O4S. The molecule has 4 nitrogen and oxygen atoms in total. The smallest absolute Gasteiger partial charge is 0.206 e. The van der Waals surface area contributed by atoms with E-state index in [1.807, 2.05) is 26.8 Å². The SMILES string of the molecule is CCCOc1ccc(S(=O)(=O)c2ccc(O)c(CCC)c2)c(CCC)c1. The van der Waals surface area contributed by atoms with Crippen LogP contribution in [0.25, 0.3) is 0 Å². The van der Waals surface area contributed by atoms with Crippen molar-refractivity contribution < 1.29 is 18.3 Å². The van der Waals surface area contributed by atoms with Crippen LogP contribution < -0.4 is 4.74 Å². The number of phenolic OH excluding ortho intramolecular Hbond substituents is 1. The van der Waals surface area contributed by atoms with E-state index in [0.29, 0.717) is 35.7 Å². The lowest BCUT2D eigenvalue weighted by molar-refractivity contribution is 0.317. The molecule has 0 aliphatic carbocycles. The van der Waals surface area contributed by atoms with E-state index in [-0.39, 0.29) is 10.6 Å². The lowest BCUT2D eigenvalue weighted by Gasteiger charge is -2.14. The maximum atomic E-state index is 13.2. The topological polar surface area (TPSA) is 63.6 Å². The predicted molar refractivity (Wildman–Crippen MR) is 104 cm³/mol. The van der Waals surface area contributed by atoms with Gasteiger partial charge in [-0.1, -0.05) is 33.6 Å². The molecule has 0 bridgehead atoms. The highest BCUT2D eigenvalue weighted by Crippen LogP contribution is 2.31. The third kappa shape index (κ3) is 4.58. The number of phenols is 1. The van der Waals surface area contributed by atoms with Crippen LogP contribution in [0.4, 0.5) is 0 Å². The Kier molecular flexibility index (Phi) is 7.09. The van der Waals surface area contributed by atoms with Gasteiger partial charge in [0.1, 0.15) is 11.5 Å². The first-order valence-electron chi connectivity index (χ1n) is 9.26. The van der Waals surface area contributed by atoms with Crippen molar-refractivity contribution in [2.45, 2.75) is 62.7 Å². The van der Waals surface area contributed by atoms with Gasteiger partial charge in [0.25, 0.3) is 0 Å². The second-order valence-corrected chi connectivity index (χ2v) is 8.33. The average Bonchev–Trinajstić information content (AvgIpc) is 2.62. The lowest BCUT2D eigenvalue weighted by atomic mass is 10.1. The second kappa shape index (κ2) is 9.08. The number of benzene rings is 2. The van der Waals surface area contributed by atoms with Gasteiger partial charge in [0.2, 0.25) is 9.84 Å².